The minimum Gasteiger partial charge on any atom is -0.347 e. The van der Waals surface area contributed by atoms with Crippen LogP contribution in [0.5, 0.6) is 0 Å². The Morgan fingerprint density at radius 3 is 2.86 bits per heavy atom. The number of hydrogen-bond acceptors (Lipinski definition) is 1. The molecule has 2 fully saturated rings. The summed E-state index contributed by atoms with van der Waals surface area (Å²) in [5.41, 5.74) is 0. The second-order valence-electron chi connectivity index (χ2n) is 4.79. The largest absolute Gasteiger partial charge is 0.347 e. The number of nitrogens with zero attached hydrogens (tertiary/aromatic N) is 1. The number of likely N-dealkylation sites (N-methyl/N-ethyl adjacent to an activating group) is 1. The quantitative estimate of drug-likeness (QED) is 0.655. The maximum atomic E-state index is 11.1. The predicted octanol–water partition coefficient (Wildman–Crippen LogP) is 0.894. The molecule has 3 unspecified atom stereocenters. The summed E-state index contributed by atoms with van der Waals surface area (Å²) in [6.07, 6.45) is 3.82. The van der Waals surface area contributed by atoms with E-state index in [0.717, 1.165) is 0 Å². The fourth-order valence-electron chi connectivity index (χ4n) is 3.48. The summed E-state index contributed by atoms with van der Waals surface area (Å²) >= 11 is 0. The molecule has 2 aliphatic heterocycles. The van der Waals surface area contributed by atoms with Gasteiger partial charge in [0.2, 0.25) is 5.91 Å². The average Bonchev–Trinajstić information content (AvgIpc) is 2.66. The number of quaternary nitrogens is 1. The van der Waals surface area contributed by atoms with E-state index in [4.69, 9.17) is 0 Å². The van der Waals surface area contributed by atoms with Crippen LogP contribution in [0.3, 0.4) is 0 Å². The summed E-state index contributed by atoms with van der Waals surface area (Å²) in [5.74, 6) is 0.137. The first-order valence-corrected chi connectivity index (χ1v) is 5.81. The van der Waals surface area contributed by atoms with Gasteiger partial charge in [-0.15, -0.1) is 0 Å². The monoisotopic (exact) mass is 197 g/mol. The molecule has 1 amide bonds. The summed E-state index contributed by atoms with van der Waals surface area (Å²) in [4.78, 5) is 11.1. The van der Waals surface area contributed by atoms with Crippen molar-refractivity contribution in [2.75, 3.05) is 19.6 Å². The lowest BCUT2D eigenvalue weighted by molar-refractivity contribution is -0.926. The summed E-state index contributed by atoms with van der Waals surface area (Å²) < 4.78 is 1.27. The van der Waals surface area contributed by atoms with Gasteiger partial charge in [0.15, 0.2) is 0 Å². The summed E-state index contributed by atoms with van der Waals surface area (Å²) in [6.45, 7) is 7.76. The summed E-state index contributed by atoms with van der Waals surface area (Å²) in [5, 5.41) is 3.12. The van der Waals surface area contributed by atoms with E-state index >= 15 is 0 Å². The molecular weight excluding hydrogens is 176 g/mol. The van der Waals surface area contributed by atoms with E-state index in [9.17, 15) is 4.79 Å². The average molecular weight is 197 g/mol. The van der Waals surface area contributed by atoms with Crippen molar-refractivity contribution < 1.29 is 9.28 Å². The van der Waals surface area contributed by atoms with Crippen LogP contribution in [0, 0.1) is 0 Å². The molecule has 0 spiro atoms. The minimum atomic E-state index is 0.137. The Hall–Kier alpha value is -0.570. The standard InChI is InChI=1S/C11H20N2O/c1-3-13-7-4-5-11(13)10(6-8-13)12-9(2)14/h10-11H,3-8H2,1-2H3/p+1. The first kappa shape index (κ1) is 9.97. The Kier molecular flexibility index (Phi) is 2.52. The van der Waals surface area contributed by atoms with Crippen LogP contribution in [0.25, 0.3) is 0 Å². The number of nitrogens with one attached hydrogen (secondary N) is 1. The highest BCUT2D eigenvalue weighted by Gasteiger charge is 2.50. The van der Waals surface area contributed by atoms with Crippen LogP contribution >= 0.6 is 0 Å². The van der Waals surface area contributed by atoms with Crippen molar-refractivity contribution in [3.05, 3.63) is 0 Å². The lowest BCUT2D eigenvalue weighted by Gasteiger charge is -2.34. The van der Waals surface area contributed by atoms with Crippen LogP contribution in [0.4, 0.5) is 0 Å². The van der Waals surface area contributed by atoms with E-state index in [1.807, 2.05) is 0 Å². The molecule has 3 nitrogen and oxygen atoms in total. The van der Waals surface area contributed by atoms with Gasteiger partial charge in [0, 0.05) is 26.2 Å². The number of hydrogen-bond donors (Lipinski definition) is 1. The third-order valence-electron chi connectivity index (χ3n) is 4.18. The molecule has 0 aromatic rings. The molecule has 0 radical (unpaired) electrons. The number of rotatable bonds is 2. The number of fused-ring (bicyclic) bond motifs is 1. The molecule has 2 aliphatic rings. The highest BCUT2D eigenvalue weighted by atomic mass is 16.1. The Morgan fingerprint density at radius 1 is 1.43 bits per heavy atom. The molecule has 3 atom stereocenters. The topological polar surface area (TPSA) is 29.1 Å². The zero-order valence-corrected chi connectivity index (χ0v) is 9.25. The Balaban J connectivity index is 2.07. The van der Waals surface area contributed by atoms with E-state index in [0.29, 0.717) is 12.1 Å². The zero-order chi connectivity index (χ0) is 10.2. The maximum Gasteiger partial charge on any atom is 0.217 e. The summed E-state index contributed by atoms with van der Waals surface area (Å²) in [7, 11) is 0. The van der Waals surface area contributed by atoms with Gasteiger partial charge in [-0.05, 0) is 6.92 Å². The highest BCUT2D eigenvalue weighted by Crippen LogP contribution is 2.36. The first-order chi connectivity index (χ1) is 6.68. The smallest absolute Gasteiger partial charge is 0.217 e. The molecule has 3 heteroatoms. The van der Waals surface area contributed by atoms with Crippen molar-refractivity contribution in [2.24, 2.45) is 0 Å². The number of carbonyl (C=O) groups excluding carboxylic acids is 1. The molecule has 0 aromatic carbocycles. The SMILES string of the molecule is CC[N+]12CCCC1C(NC(C)=O)CC2. The van der Waals surface area contributed by atoms with E-state index in [2.05, 4.69) is 12.2 Å². The van der Waals surface area contributed by atoms with E-state index in [-0.39, 0.29) is 5.91 Å². The molecule has 2 saturated heterocycles. The molecular formula is C11H21N2O+. The second-order valence-corrected chi connectivity index (χ2v) is 4.79. The van der Waals surface area contributed by atoms with Gasteiger partial charge in [-0.3, -0.25) is 4.79 Å². The van der Waals surface area contributed by atoms with Gasteiger partial charge < -0.3 is 9.80 Å². The van der Waals surface area contributed by atoms with Gasteiger partial charge in [0.1, 0.15) is 6.04 Å². The van der Waals surface area contributed by atoms with Gasteiger partial charge in [-0.25, -0.2) is 0 Å². The van der Waals surface area contributed by atoms with Gasteiger partial charge >= 0.3 is 0 Å². The fourth-order valence-corrected chi connectivity index (χ4v) is 3.48. The first-order valence-electron chi connectivity index (χ1n) is 5.81. The van der Waals surface area contributed by atoms with Crippen molar-refractivity contribution in [3.63, 3.8) is 0 Å². The number of carbonyl (C=O) groups is 1. The van der Waals surface area contributed by atoms with Gasteiger partial charge in [-0.1, -0.05) is 0 Å². The summed E-state index contributed by atoms with van der Waals surface area (Å²) in [6, 6.07) is 1.17. The van der Waals surface area contributed by atoms with Crippen LogP contribution < -0.4 is 5.32 Å². The number of amides is 1. The predicted molar refractivity (Wildman–Crippen MR) is 55.8 cm³/mol. The van der Waals surface area contributed by atoms with Gasteiger partial charge in [0.05, 0.1) is 25.7 Å². The highest BCUT2D eigenvalue weighted by molar-refractivity contribution is 5.73. The molecule has 14 heavy (non-hydrogen) atoms. The van der Waals surface area contributed by atoms with E-state index < -0.39 is 0 Å². The lowest BCUT2D eigenvalue weighted by Crippen LogP contribution is -2.52. The van der Waals surface area contributed by atoms with Crippen LogP contribution in [-0.2, 0) is 4.79 Å². The molecule has 2 heterocycles. The van der Waals surface area contributed by atoms with Crippen molar-refractivity contribution in [1.29, 1.82) is 0 Å². The van der Waals surface area contributed by atoms with Crippen molar-refractivity contribution in [2.45, 2.75) is 45.2 Å². The molecule has 0 bridgehead atoms. The third-order valence-corrected chi connectivity index (χ3v) is 4.18. The van der Waals surface area contributed by atoms with Gasteiger partial charge in [0.25, 0.3) is 0 Å². The lowest BCUT2D eigenvalue weighted by atomic mass is 10.1. The molecule has 2 rings (SSSR count). The molecule has 0 saturated carbocycles. The molecule has 0 aliphatic carbocycles. The molecule has 1 N–H and O–H groups in total. The van der Waals surface area contributed by atoms with Crippen LogP contribution in [0.1, 0.15) is 33.1 Å². The van der Waals surface area contributed by atoms with Crippen molar-refractivity contribution in [3.8, 4) is 0 Å². The Morgan fingerprint density at radius 2 is 2.21 bits per heavy atom. The second kappa shape index (κ2) is 3.54. The normalized spacial score (nSPS) is 41.0. The third kappa shape index (κ3) is 1.44. The van der Waals surface area contributed by atoms with Crippen LogP contribution in [0.2, 0.25) is 0 Å². The fraction of sp³-hybridized carbons (Fsp3) is 0.909. The van der Waals surface area contributed by atoms with E-state index in [1.54, 1.807) is 6.92 Å². The van der Waals surface area contributed by atoms with Crippen LogP contribution in [-0.4, -0.2) is 42.1 Å². The molecule has 80 valence electrons. The van der Waals surface area contributed by atoms with Crippen molar-refractivity contribution >= 4 is 5.91 Å². The minimum absolute atomic E-state index is 0.137. The van der Waals surface area contributed by atoms with Crippen molar-refractivity contribution in [1.82, 2.24) is 5.32 Å². The maximum absolute atomic E-state index is 11.1. The van der Waals surface area contributed by atoms with Gasteiger partial charge in [-0.2, -0.15) is 0 Å². The Labute approximate surface area is 86.1 Å². The zero-order valence-electron chi connectivity index (χ0n) is 9.25. The van der Waals surface area contributed by atoms with E-state index in [1.165, 1.54) is 43.4 Å². The molecule has 0 aromatic heterocycles. The Bertz CT molecular complexity index is 241. The van der Waals surface area contributed by atoms with Crippen LogP contribution in [0.15, 0.2) is 0 Å².